The van der Waals surface area contributed by atoms with Crippen molar-refractivity contribution in [3.63, 3.8) is 0 Å². The summed E-state index contributed by atoms with van der Waals surface area (Å²) in [7, 11) is 0. The van der Waals surface area contributed by atoms with E-state index >= 15 is 0 Å². The molecule has 0 atom stereocenters. The summed E-state index contributed by atoms with van der Waals surface area (Å²) in [5.41, 5.74) is 2.42. The molecule has 0 bridgehead atoms. The molecule has 0 saturated heterocycles. The van der Waals surface area contributed by atoms with Crippen molar-refractivity contribution in [1.29, 1.82) is 0 Å². The number of aromatic nitrogens is 2. The number of hydrogen-bond donors (Lipinski definition) is 1. The molecule has 144 valence electrons. The van der Waals surface area contributed by atoms with Gasteiger partial charge in [-0.05, 0) is 43.3 Å². The second-order valence-electron chi connectivity index (χ2n) is 6.11. The molecule has 0 aliphatic rings. The first kappa shape index (κ1) is 18.8. The molecule has 0 unspecified atom stereocenters. The Morgan fingerprint density at radius 1 is 1.00 bits per heavy atom. The van der Waals surface area contributed by atoms with E-state index in [-0.39, 0.29) is 12.5 Å². The van der Waals surface area contributed by atoms with Gasteiger partial charge in [0, 0.05) is 6.20 Å². The van der Waals surface area contributed by atoms with Crippen molar-refractivity contribution in [2.45, 2.75) is 6.92 Å². The predicted octanol–water partition coefficient (Wildman–Crippen LogP) is 4.79. The van der Waals surface area contributed by atoms with Gasteiger partial charge in [-0.1, -0.05) is 24.3 Å². The number of rotatable bonds is 5. The first-order valence-corrected chi connectivity index (χ1v) is 9.87. The largest absolute Gasteiger partial charge is 0.462 e. The number of nitrogens with one attached hydrogen (secondary N) is 1. The third-order valence-electron chi connectivity index (χ3n) is 4.22. The molecule has 7 heteroatoms. The molecule has 2 aromatic carbocycles. The highest BCUT2D eigenvalue weighted by molar-refractivity contribution is 7.21. The standard InChI is InChI=1S/C22H17N3O3S/c1-2-28-22(27)14-8-3-4-10-16(14)24-20(26)15-9-7-13-23-19(15)21-25-17-11-5-6-12-18(17)29-21/h3-13H,2H2,1H3,(H,24,26). The molecule has 2 heterocycles. The summed E-state index contributed by atoms with van der Waals surface area (Å²) in [6.07, 6.45) is 1.63. The maximum absolute atomic E-state index is 13.0. The Bertz CT molecular complexity index is 1170. The summed E-state index contributed by atoms with van der Waals surface area (Å²) in [5, 5.41) is 3.47. The van der Waals surface area contributed by atoms with Crippen molar-refractivity contribution in [3.05, 3.63) is 78.0 Å². The fourth-order valence-electron chi connectivity index (χ4n) is 2.90. The van der Waals surface area contributed by atoms with Gasteiger partial charge >= 0.3 is 5.97 Å². The van der Waals surface area contributed by atoms with Gasteiger partial charge in [-0.2, -0.15) is 0 Å². The van der Waals surface area contributed by atoms with Gasteiger partial charge in [-0.3, -0.25) is 9.78 Å². The van der Waals surface area contributed by atoms with Crippen LogP contribution in [-0.2, 0) is 4.74 Å². The molecular formula is C22H17N3O3S. The number of nitrogens with zero attached hydrogens (tertiary/aromatic N) is 2. The summed E-state index contributed by atoms with van der Waals surface area (Å²) in [6, 6.07) is 17.9. The topological polar surface area (TPSA) is 81.2 Å². The fraction of sp³-hybridized carbons (Fsp3) is 0.0909. The van der Waals surface area contributed by atoms with Crippen molar-refractivity contribution in [2.75, 3.05) is 11.9 Å². The second-order valence-corrected chi connectivity index (χ2v) is 7.14. The maximum atomic E-state index is 13.0. The number of pyridine rings is 1. The molecule has 0 fully saturated rings. The zero-order valence-corrected chi connectivity index (χ0v) is 16.4. The zero-order valence-electron chi connectivity index (χ0n) is 15.6. The molecule has 2 aromatic heterocycles. The van der Waals surface area contributed by atoms with Crippen LogP contribution in [0.5, 0.6) is 0 Å². The summed E-state index contributed by atoms with van der Waals surface area (Å²) in [4.78, 5) is 34.2. The minimum atomic E-state index is -0.485. The molecule has 0 aliphatic carbocycles. The number of carbonyl (C=O) groups is 2. The van der Waals surface area contributed by atoms with E-state index < -0.39 is 5.97 Å². The summed E-state index contributed by atoms with van der Waals surface area (Å²) in [6.45, 7) is 1.99. The van der Waals surface area contributed by atoms with Crippen molar-refractivity contribution in [1.82, 2.24) is 9.97 Å². The smallest absolute Gasteiger partial charge is 0.340 e. The van der Waals surface area contributed by atoms with Gasteiger partial charge in [0.05, 0.1) is 33.6 Å². The average Bonchev–Trinajstić information content (AvgIpc) is 3.18. The van der Waals surface area contributed by atoms with Crippen LogP contribution in [0.25, 0.3) is 20.9 Å². The van der Waals surface area contributed by atoms with E-state index in [9.17, 15) is 9.59 Å². The van der Waals surface area contributed by atoms with E-state index in [1.165, 1.54) is 11.3 Å². The maximum Gasteiger partial charge on any atom is 0.340 e. The van der Waals surface area contributed by atoms with Gasteiger partial charge in [-0.15, -0.1) is 11.3 Å². The summed E-state index contributed by atoms with van der Waals surface area (Å²) < 4.78 is 6.09. The van der Waals surface area contributed by atoms with Gasteiger partial charge in [0.25, 0.3) is 5.91 Å². The minimum absolute atomic E-state index is 0.255. The zero-order chi connectivity index (χ0) is 20.2. The quantitative estimate of drug-likeness (QED) is 0.485. The highest BCUT2D eigenvalue weighted by Crippen LogP contribution is 2.31. The van der Waals surface area contributed by atoms with Gasteiger partial charge in [0.2, 0.25) is 0 Å². The van der Waals surface area contributed by atoms with Crippen LogP contribution in [0.2, 0.25) is 0 Å². The van der Waals surface area contributed by atoms with Crippen LogP contribution in [0.3, 0.4) is 0 Å². The van der Waals surface area contributed by atoms with Crippen molar-refractivity contribution in [2.24, 2.45) is 0 Å². The number of para-hydroxylation sites is 2. The van der Waals surface area contributed by atoms with E-state index in [4.69, 9.17) is 4.74 Å². The van der Waals surface area contributed by atoms with Crippen molar-refractivity contribution < 1.29 is 14.3 Å². The fourth-order valence-corrected chi connectivity index (χ4v) is 3.88. The summed E-state index contributed by atoms with van der Waals surface area (Å²) in [5.74, 6) is -0.856. The first-order chi connectivity index (χ1) is 14.2. The molecule has 0 aliphatic heterocycles. The Hall–Kier alpha value is -3.58. The van der Waals surface area contributed by atoms with E-state index in [1.54, 1.807) is 49.5 Å². The average molecular weight is 403 g/mol. The lowest BCUT2D eigenvalue weighted by atomic mass is 10.1. The van der Waals surface area contributed by atoms with Gasteiger partial charge in [-0.25, -0.2) is 9.78 Å². The van der Waals surface area contributed by atoms with Gasteiger partial charge in [0.1, 0.15) is 10.7 Å². The molecular weight excluding hydrogens is 386 g/mol. The highest BCUT2D eigenvalue weighted by atomic mass is 32.1. The second kappa shape index (κ2) is 8.20. The van der Waals surface area contributed by atoms with Crippen LogP contribution in [0.1, 0.15) is 27.6 Å². The number of ether oxygens (including phenoxy) is 1. The third kappa shape index (κ3) is 3.86. The normalized spacial score (nSPS) is 10.7. The minimum Gasteiger partial charge on any atom is -0.462 e. The number of amides is 1. The van der Waals surface area contributed by atoms with Crippen molar-refractivity contribution >= 4 is 39.1 Å². The number of benzene rings is 2. The van der Waals surface area contributed by atoms with Crippen LogP contribution in [-0.4, -0.2) is 28.5 Å². The predicted molar refractivity (Wildman–Crippen MR) is 113 cm³/mol. The number of anilines is 1. The third-order valence-corrected chi connectivity index (χ3v) is 5.26. The van der Waals surface area contributed by atoms with Gasteiger partial charge < -0.3 is 10.1 Å². The first-order valence-electron chi connectivity index (χ1n) is 9.06. The van der Waals surface area contributed by atoms with E-state index in [2.05, 4.69) is 15.3 Å². The molecule has 0 saturated carbocycles. The van der Waals surface area contributed by atoms with Crippen LogP contribution >= 0.6 is 11.3 Å². The number of hydrogen-bond acceptors (Lipinski definition) is 6. The SMILES string of the molecule is CCOC(=O)c1ccccc1NC(=O)c1cccnc1-c1nc2ccccc2s1. The molecule has 0 spiro atoms. The monoisotopic (exact) mass is 403 g/mol. The van der Waals surface area contributed by atoms with Crippen LogP contribution in [0.4, 0.5) is 5.69 Å². The number of carbonyl (C=O) groups excluding carboxylic acids is 2. The Morgan fingerprint density at radius 3 is 2.59 bits per heavy atom. The van der Waals surface area contributed by atoms with Crippen LogP contribution in [0, 0.1) is 0 Å². The Kier molecular flexibility index (Phi) is 5.31. The number of fused-ring (bicyclic) bond motifs is 1. The molecule has 0 radical (unpaired) electrons. The Labute approximate surface area is 171 Å². The Morgan fingerprint density at radius 2 is 1.76 bits per heavy atom. The van der Waals surface area contributed by atoms with E-state index in [0.717, 1.165) is 10.2 Å². The molecule has 1 amide bonds. The Balaban J connectivity index is 1.68. The molecule has 6 nitrogen and oxygen atoms in total. The van der Waals surface area contributed by atoms with E-state index in [1.807, 2.05) is 24.3 Å². The molecule has 4 rings (SSSR count). The van der Waals surface area contributed by atoms with Crippen LogP contribution in [0.15, 0.2) is 66.9 Å². The lowest BCUT2D eigenvalue weighted by Crippen LogP contribution is -2.17. The lowest BCUT2D eigenvalue weighted by molar-refractivity contribution is 0.0527. The molecule has 29 heavy (non-hydrogen) atoms. The van der Waals surface area contributed by atoms with Crippen molar-refractivity contribution in [3.8, 4) is 10.7 Å². The molecule has 1 N–H and O–H groups in total. The lowest BCUT2D eigenvalue weighted by Gasteiger charge is -2.11. The van der Waals surface area contributed by atoms with E-state index in [0.29, 0.717) is 27.5 Å². The van der Waals surface area contributed by atoms with Gasteiger partial charge in [0.15, 0.2) is 0 Å². The highest BCUT2D eigenvalue weighted by Gasteiger charge is 2.19. The number of thiazole rings is 1. The van der Waals surface area contributed by atoms with Crippen LogP contribution < -0.4 is 5.32 Å². The molecule has 4 aromatic rings. The number of esters is 1. The summed E-state index contributed by atoms with van der Waals surface area (Å²) >= 11 is 1.48.